The van der Waals surface area contributed by atoms with Gasteiger partial charge in [0, 0.05) is 11.1 Å². The Morgan fingerprint density at radius 2 is 2.40 bits per heavy atom. The van der Waals surface area contributed by atoms with Crippen molar-refractivity contribution < 1.29 is 9.47 Å². The molecule has 76 valence electrons. The van der Waals surface area contributed by atoms with Gasteiger partial charge in [-0.25, -0.2) is 0 Å². The molecule has 1 aliphatic heterocycles. The van der Waals surface area contributed by atoms with Crippen LogP contribution in [0.1, 0.15) is 5.56 Å². The van der Waals surface area contributed by atoms with Gasteiger partial charge in [0.1, 0.15) is 18.1 Å². The Hall–Kier alpha value is -1.97. The van der Waals surface area contributed by atoms with Crippen molar-refractivity contribution in [2.75, 3.05) is 7.11 Å². The quantitative estimate of drug-likeness (QED) is 0.769. The van der Waals surface area contributed by atoms with E-state index in [4.69, 9.17) is 9.47 Å². The number of H-pyrrole nitrogens is 1. The molecule has 0 saturated carbocycles. The summed E-state index contributed by atoms with van der Waals surface area (Å²) in [5, 5.41) is 6.99. The fourth-order valence-electron chi connectivity index (χ4n) is 1.77. The van der Waals surface area contributed by atoms with Gasteiger partial charge in [0.25, 0.3) is 0 Å². The third-order valence-corrected chi connectivity index (χ3v) is 2.56. The Labute approximate surface area is 86.8 Å². The van der Waals surface area contributed by atoms with Crippen molar-refractivity contribution in [3.63, 3.8) is 0 Å². The Bertz CT molecular complexity index is 505. The fourth-order valence-corrected chi connectivity index (χ4v) is 1.77. The van der Waals surface area contributed by atoms with E-state index in [2.05, 4.69) is 10.2 Å². The van der Waals surface area contributed by atoms with Gasteiger partial charge in [-0.2, -0.15) is 5.10 Å². The van der Waals surface area contributed by atoms with Crippen molar-refractivity contribution in [3.8, 4) is 22.8 Å². The Morgan fingerprint density at radius 1 is 1.47 bits per heavy atom. The average molecular weight is 202 g/mol. The molecular formula is C11H10N2O2. The van der Waals surface area contributed by atoms with E-state index in [-0.39, 0.29) is 0 Å². The largest absolute Gasteiger partial charge is 0.497 e. The topological polar surface area (TPSA) is 47.1 Å². The lowest BCUT2D eigenvalue weighted by Gasteiger charge is -2.17. The minimum absolute atomic E-state index is 0.575. The summed E-state index contributed by atoms with van der Waals surface area (Å²) in [4.78, 5) is 0. The van der Waals surface area contributed by atoms with Crippen molar-refractivity contribution in [2.45, 2.75) is 6.61 Å². The molecular weight excluding hydrogens is 192 g/mol. The van der Waals surface area contributed by atoms with E-state index in [1.165, 1.54) is 0 Å². The molecule has 0 radical (unpaired) electrons. The van der Waals surface area contributed by atoms with Crippen LogP contribution in [0.25, 0.3) is 11.3 Å². The Morgan fingerprint density at radius 3 is 3.27 bits per heavy atom. The molecule has 1 N–H and O–H groups in total. The normalized spacial score (nSPS) is 12.6. The highest BCUT2D eigenvalue weighted by atomic mass is 16.5. The molecule has 0 fully saturated rings. The second-order valence-corrected chi connectivity index (χ2v) is 3.42. The van der Waals surface area contributed by atoms with Gasteiger partial charge in [-0.3, -0.25) is 5.10 Å². The highest BCUT2D eigenvalue weighted by Gasteiger charge is 2.19. The number of nitrogens with zero attached hydrogens (tertiary/aromatic N) is 1. The zero-order chi connectivity index (χ0) is 10.3. The summed E-state index contributed by atoms with van der Waals surface area (Å²) in [6.45, 7) is 0.575. The number of hydrogen-bond acceptors (Lipinski definition) is 3. The predicted molar refractivity (Wildman–Crippen MR) is 54.9 cm³/mol. The molecule has 1 aromatic carbocycles. The van der Waals surface area contributed by atoms with Crippen LogP contribution < -0.4 is 9.47 Å². The molecule has 0 saturated heterocycles. The van der Waals surface area contributed by atoms with Crippen LogP contribution >= 0.6 is 0 Å². The SMILES string of the molecule is COc1ccc2c(c1)-c1[nH]ncc1CO2. The molecule has 4 heteroatoms. The first-order valence-corrected chi connectivity index (χ1v) is 4.72. The van der Waals surface area contributed by atoms with Crippen molar-refractivity contribution in [3.05, 3.63) is 30.0 Å². The molecule has 2 heterocycles. The lowest BCUT2D eigenvalue weighted by molar-refractivity contribution is 0.301. The van der Waals surface area contributed by atoms with Crippen LogP contribution in [0, 0.1) is 0 Å². The smallest absolute Gasteiger partial charge is 0.129 e. The number of ether oxygens (including phenoxy) is 2. The minimum Gasteiger partial charge on any atom is -0.497 e. The fraction of sp³-hybridized carbons (Fsp3) is 0.182. The van der Waals surface area contributed by atoms with Crippen molar-refractivity contribution >= 4 is 0 Å². The van der Waals surface area contributed by atoms with E-state index >= 15 is 0 Å². The van der Waals surface area contributed by atoms with Crippen molar-refractivity contribution in [2.24, 2.45) is 0 Å². The molecule has 1 aromatic heterocycles. The standard InChI is InChI=1S/C11H10N2O2/c1-14-8-2-3-10-9(4-8)11-7(6-15-10)5-12-13-11/h2-5H,6H2,1H3,(H,12,13). The van der Waals surface area contributed by atoms with Crippen LogP contribution in [0.2, 0.25) is 0 Å². The number of methoxy groups -OCH3 is 1. The maximum Gasteiger partial charge on any atom is 0.129 e. The molecule has 2 aromatic rings. The number of aromatic nitrogens is 2. The number of fused-ring (bicyclic) bond motifs is 3. The van der Waals surface area contributed by atoms with E-state index in [1.54, 1.807) is 13.3 Å². The molecule has 4 nitrogen and oxygen atoms in total. The summed E-state index contributed by atoms with van der Waals surface area (Å²) in [5.41, 5.74) is 3.11. The summed E-state index contributed by atoms with van der Waals surface area (Å²) < 4.78 is 10.8. The molecule has 15 heavy (non-hydrogen) atoms. The third kappa shape index (κ3) is 1.18. The zero-order valence-corrected chi connectivity index (χ0v) is 8.28. The lowest BCUT2D eigenvalue weighted by atomic mass is 10.0. The second-order valence-electron chi connectivity index (χ2n) is 3.42. The first kappa shape index (κ1) is 8.35. The van der Waals surface area contributed by atoms with Crippen molar-refractivity contribution in [1.82, 2.24) is 10.2 Å². The number of nitrogens with one attached hydrogen (secondary N) is 1. The van der Waals surface area contributed by atoms with E-state index in [0.717, 1.165) is 28.3 Å². The monoisotopic (exact) mass is 202 g/mol. The first-order valence-electron chi connectivity index (χ1n) is 4.72. The maximum atomic E-state index is 5.59. The van der Waals surface area contributed by atoms with Crippen LogP contribution in [-0.2, 0) is 6.61 Å². The Balaban J connectivity index is 2.21. The van der Waals surface area contributed by atoms with Crippen LogP contribution in [0.15, 0.2) is 24.4 Å². The maximum absolute atomic E-state index is 5.59. The van der Waals surface area contributed by atoms with Gasteiger partial charge in [0.05, 0.1) is 19.0 Å². The Kier molecular flexibility index (Phi) is 1.68. The minimum atomic E-state index is 0.575. The summed E-state index contributed by atoms with van der Waals surface area (Å²) >= 11 is 0. The highest BCUT2D eigenvalue weighted by Crippen LogP contribution is 2.37. The molecule has 3 rings (SSSR count). The number of rotatable bonds is 1. The molecule has 0 unspecified atom stereocenters. The molecule has 0 spiro atoms. The molecule has 0 atom stereocenters. The van der Waals surface area contributed by atoms with Gasteiger partial charge < -0.3 is 9.47 Å². The van der Waals surface area contributed by atoms with E-state index in [0.29, 0.717) is 6.61 Å². The van der Waals surface area contributed by atoms with Crippen LogP contribution in [-0.4, -0.2) is 17.3 Å². The van der Waals surface area contributed by atoms with Gasteiger partial charge in [-0.1, -0.05) is 0 Å². The first-order chi connectivity index (χ1) is 7.38. The number of benzene rings is 1. The molecule has 0 aliphatic carbocycles. The summed E-state index contributed by atoms with van der Waals surface area (Å²) in [6, 6.07) is 5.75. The van der Waals surface area contributed by atoms with E-state index in [9.17, 15) is 0 Å². The van der Waals surface area contributed by atoms with Gasteiger partial charge in [0.2, 0.25) is 0 Å². The number of hydrogen-bond donors (Lipinski definition) is 1. The van der Waals surface area contributed by atoms with Crippen LogP contribution in [0.3, 0.4) is 0 Å². The van der Waals surface area contributed by atoms with E-state index < -0.39 is 0 Å². The van der Waals surface area contributed by atoms with Gasteiger partial charge in [-0.15, -0.1) is 0 Å². The van der Waals surface area contributed by atoms with Crippen LogP contribution in [0.4, 0.5) is 0 Å². The number of aromatic amines is 1. The van der Waals surface area contributed by atoms with Gasteiger partial charge >= 0.3 is 0 Å². The molecule has 0 bridgehead atoms. The summed E-state index contributed by atoms with van der Waals surface area (Å²) in [6.07, 6.45) is 1.79. The third-order valence-electron chi connectivity index (χ3n) is 2.56. The molecule has 0 amide bonds. The second kappa shape index (κ2) is 3.02. The van der Waals surface area contributed by atoms with Crippen molar-refractivity contribution in [1.29, 1.82) is 0 Å². The highest BCUT2D eigenvalue weighted by molar-refractivity contribution is 5.72. The zero-order valence-electron chi connectivity index (χ0n) is 8.28. The van der Waals surface area contributed by atoms with Gasteiger partial charge in [0.15, 0.2) is 0 Å². The van der Waals surface area contributed by atoms with Gasteiger partial charge in [-0.05, 0) is 18.2 Å². The summed E-state index contributed by atoms with van der Waals surface area (Å²) in [5.74, 6) is 1.69. The average Bonchev–Trinajstić information content (AvgIpc) is 2.76. The summed E-state index contributed by atoms with van der Waals surface area (Å²) in [7, 11) is 1.65. The molecule has 1 aliphatic rings. The lowest BCUT2D eigenvalue weighted by Crippen LogP contribution is -2.03. The predicted octanol–water partition coefficient (Wildman–Crippen LogP) is 1.98. The van der Waals surface area contributed by atoms with Crippen LogP contribution in [0.5, 0.6) is 11.5 Å². The van der Waals surface area contributed by atoms with E-state index in [1.807, 2.05) is 18.2 Å².